The minimum Gasteiger partial charge on any atom is -0.462 e. The summed E-state index contributed by atoms with van der Waals surface area (Å²) < 4.78 is 16.9. The molecule has 0 saturated heterocycles. The highest BCUT2D eigenvalue weighted by atomic mass is 16.6. The van der Waals surface area contributed by atoms with Crippen LogP contribution in [0.25, 0.3) is 0 Å². The maximum Gasteiger partial charge on any atom is 0.306 e. The summed E-state index contributed by atoms with van der Waals surface area (Å²) >= 11 is 0. The van der Waals surface area contributed by atoms with Crippen LogP contribution in [0.5, 0.6) is 0 Å². The summed E-state index contributed by atoms with van der Waals surface area (Å²) in [5.74, 6) is -0.863. The Labute approximate surface area is 467 Å². The van der Waals surface area contributed by atoms with Crippen LogP contribution in [0.3, 0.4) is 0 Å². The number of hydrogen-bond donors (Lipinski definition) is 0. The fraction of sp³-hybridized carbons (Fsp3) is 0.870. The monoisotopic (exact) mass is 1050 g/mol. The third-order valence-electron chi connectivity index (χ3n) is 15.2. The second-order valence-corrected chi connectivity index (χ2v) is 22.7. The van der Waals surface area contributed by atoms with E-state index in [-0.39, 0.29) is 31.1 Å². The Morgan fingerprint density at radius 2 is 0.520 bits per heavy atom. The molecule has 0 radical (unpaired) electrons. The lowest BCUT2D eigenvalue weighted by molar-refractivity contribution is -0.167. The number of rotatable bonds is 62. The third kappa shape index (κ3) is 62.4. The zero-order chi connectivity index (χ0) is 54.3. The van der Waals surface area contributed by atoms with E-state index in [2.05, 4.69) is 57.2 Å². The molecule has 0 rings (SSSR count). The molecule has 0 heterocycles. The first-order valence-electron chi connectivity index (χ1n) is 33.5. The predicted molar refractivity (Wildman–Crippen MR) is 326 cm³/mol. The lowest BCUT2D eigenvalue weighted by Crippen LogP contribution is -2.30. The van der Waals surface area contributed by atoms with Crippen molar-refractivity contribution in [2.45, 2.75) is 374 Å². The maximum atomic E-state index is 12.9. The van der Waals surface area contributed by atoms with Crippen molar-refractivity contribution in [3.8, 4) is 0 Å². The summed E-state index contributed by atoms with van der Waals surface area (Å²) in [5.41, 5.74) is 0. The van der Waals surface area contributed by atoms with Gasteiger partial charge >= 0.3 is 17.9 Å². The molecule has 1 unspecified atom stereocenters. The summed E-state index contributed by atoms with van der Waals surface area (Å²) in [4.78, 5) is 38.3. The van der Waals surface area contributed by atoms with Crippen molar-refractivity contribution >= 4 is 17.9 Å². The maximum absolute atomic E-state index is 12.9. The van der Waals surface area contributed by atoms with Crippen LogP contribution in [0.15, 0.2) is 36.5 Å². The highest BCUT2D eigenvalue weighted by Gasteiger charge is 2.19. The molecule has 0 amide bonds. The molecule has 0 aliphatic rings. The molecule has 0 N–H and O–H groups in total. The van der Waals surface area contributed by atoms with Crippen molar-refractivity contribution in [2.75, 3.05) is 13.2 Å². The molecule has 75 heavy (non-hydrogen) atoms. The zero-order valence-electron chi connectivity index (χ0n) is 50.6. The highest BCUT2D eigenvalue weighted by molar-refractivity contribution is 5.71. The van der Waals surface area contributed by atoms with Gasteiger partial charge in [-0.25, -0.2) is 0 Å². The molecule has 0 fully saturated rings. The van der Waals surface area contributed by atoms with Crippen LogP contribution in [0.4, 0.5) is 0 Å². The van der Waals surface area contributed by atoms with Gasteiger partial charge in [-0.1, -0.05) is 333 Å². The van der Waals surface area contributed by atoms with Crippen LogP contribution in [0, 0.1) is 0 Å². The molecule has 440 valence electrons. The van der Waals surface area contributed by atoms with E-state index in [1.54, 1.807) is 0 Å². The largest absolute Gasteiger partial charge is 0.462 e. The van der Waals surface area contributed by atoms with Crippen molar-refractivity contribution in [3.05, 3.63) is 36.5 Å². The molecule has 0 aromatic rings. The van der Waals surface area contributed by atoms with Gasteiger partial charge in [0, 0.05) is 19.3 Å². The minimum atomic E-state index is -0.776. The van der Waals surface area contributed by atoms with Crippen LogP contribution in [-0.2, 0) is 28.6 Å². The van der Waals surface area contributed by atoms with Crippen LogP contribution < -0.4 is 0 Å². The Balaban J connectivity index is 4.22. The fourth-order valence-corrected chi connectivity index (χ4v) is 10.2. The van der Waals surface area contributed by atoms with E-state index in [9.17, 15) is 14.4 Å². The molecule has 1 atom stereocenters. The van der Waals surface area contributed by atoms with Gasteiger partial charge in [-0.2, -0.15) is 0 Å². The Morgan fingerprint density at radius 3 is 0.813 bits per heavy atom. The molecule has 0 bridgehead atoms. The summed E-state index contributed by atoms with van der Waals surface area (Å²) in [6.07, 6.45) is 78.8. The first-order valence-corrected chi connectivity index (χ1v) is 33.5. The van der Waals surface area contributed by atoms with Crippen LogP contribution in [0.2, 0.25) is 0 Å². The first-order chi connectivity index (χ1) is 37.0. The number of unbranched alkanes of at least 4 members (excludes halogenated alkanes) is 45. The molecule has 6 nitrogen and oxygen atoms in total. The third-order valence-corrected chi connectivity index (χ3v) is 15.2. The van der Waals surface area contributed by atoms with Gasteiger partial charge in [-0.3, -0.25) is 14.4 Å². The first kappa shape index (κ1) is 72.6. The number of allylic oxidation sites excluding steroid dienone is 6. The summed E-state index contributed by atoms with van der Waals surface area (Å²) in [7, 11) is 0. The Kier molecular flexibility index (Phi) is 62.1. The summed E-state index contributed by atoms with van der Waals surface area (Å²) in [6.45, 7) is 6.59. The molecule has 0 aliphatic carbocycles. The molecule has 0 saturated carbocycles. The quantitative estimate of drug-likeness (QED) is 0.0261. The van der Waals surface area contributed by atoms with Crippen molar-refractivity contribution in [2.24, 2.45) is 0 Å². The standard InChI is InChI=1S/C69H128O6/c1-4-7-10-13-16-19-22-25-28-30-31-32-33-34-35-36-37-38-39-42-44-47-50-53-56-59-62-68(71)74-65-66(64-73-67(70)61-58-55-52-49-46-43-40-27-24-21-18-15-12-9-6-3)75-69(72)63-60-57-54-51-48-45-41-29-26-23-20-17-14-11-8-5-2/h9,12,18,21,27,40,66H,4-8,10-11,13-17,19-20,22-26,28-39,41-65H2,1-3H3/b12-9-,21-18-,40-27-. The molecule has 0 aromatic heterocycles. The molecule has 0 aromatic carbocycles. The van der Waals surface area contributed by atoms with Crippen LogP contribution >= 0.6 is 0 Å². The van der Waals surface area contributed by atoms with Crippen molar-refractivity contribution in [1.29, 1.82) is 0 Å². The Bertz CT molecular complexity index is 1250. The zero-order valence-corrected chi connectivity index (χ0v) is 50.6. The van der Waals surface area contributed by atoms with Crippen LogP contribution in [-0.4, -0.2) is 37.2 Å². The average molecular weight is 1050 g/mol. The Hall–Kier alpha value is -2.37. The lowest BCUT2D eigenvalue weighted by Gasteiger charge is -2.18. The van der Waals surface area contributed by atoms with E-state index < -0.39 is 6.10 Å². The predicted octanol–water partition coefficient (Wildman–Crippen LogP) is 22.8. The Morgan fingerprint density at radius 1 is 0.280 bits per heavy atom. The number of carbonyl (C=O) groups is 3. The molecule has 6 heteroatoms. The van der Waals surface area contributed by atoms with E-state index in [1.165, 1.54) is 231 Å². The number of carbonyl (C=O) groups excluding carboxylic acids is 3. The fourth-order valence-electron chi connectivity index (χ4n) is 10.2. The lowest BCUT2D eigenvalue weighted by atomic mass is 10.0. The van der Waals surface area contributed by atoms with Gasteiger partial charge in [0.1, 0.15) is 13.2 Å². The summed E-state index contributed by atoms with van der Waals surface area (Å²) in [6, 6.07) is 0. The van der Waals surface area contributed by atoms with Gasteiger partial charge in [0.15, 0.2) is 6.10 Å². The van der Waals surface area contributed by atoms with Gasteiger partial charge in [0.05, 0.1) is 0 Å². The van der Waals surface area contributed by atoms with E-state index in [0.29, 0.717) is 19.3 Å². The van der Waals surface area contributed by atoms with E-state index in [1.807, 2.05) is 0 Å². The molecule has 0 aliphatic heterocycles. The smallest absolute Gasteiger partial charge is 0.306 e. The number of hydrogen-bond acceptors (Lipinski definition) is 6. The second-order valence-electron chi connectivity index (χ2n) is 22.7. The topological polar surface area (TPSA) is 78.9 Å². The number of ether oxygens (including phenoxy) is 3. The second kappa shape index (κ2) is 64.2. The van der Waals surface area contributed by atoms with Gasteiger partial charge in [0.2, 0.25) is 0 Å². The molecular formula is C69H128O6. The number of esters is 3. The van der Waals surface area contributed by atoms with Crippen molar-refractivity contribution in [3.63, 3.8) is 0 Å². The minimum absolute atomic E-state index is 0.0721. The van der Waals surface area contributed by atoms with Gasteiger partial charge in [-0.05, 0) is 51.4 Å². The average Bonchev–Trinajstić information content (AvgIpc) is 3.41. The van der Waals surface area contributed by atoms with Gasteiger partial charge in [0.25, 0.3) is 0 Å². The molecule has 0 spiro atoms. The van der Waals surface area contributed by atoms with Crippen molar-refractivity contribution in [1.82, 2.24) is 0 Å². The van der Waals surface area contributed by atoms with Crippen molar-refractivity contribution < 1.29 is 28.6 Å². The van der Waals surface area contributed by atoms with Gasteiger partial charge < -0.3 is 14.2 Å². The molecular weight excluding hydrogens is 925 g/mol. The highest BCUT2D eigenvalue weighted by Crippen LogP contribution is 2.18. The van der Waals surface area contributed by atoms with Gasteiger partial charge in [-0.15, -0.1) is 0 Å². The van der Waals surface area contributed by atoms with E-state index in [4.69, 9.17) is 14.2 Å². The van der Waals surface area contributed by atoms with E-state index in [0.717, 1.165) is 96.3 Å². The van der Waals surface area contributed by atoms with E-state index >= 15 is 0 Å². The summed E-state index contributed by atoms with van der Waals surface area (Å²) in [5, 5.41) is 0. The normalized spacial score (nSPS) is 12.2. The SMILES string of the molecule is CC/C=C\C/C=C\C/C=C\CCCCCCCC(=O)OCC(COC(=O)CCCCCCCCCCCCCCCCCCCCCCCCCCCC)OC(=O)CCCCCCCCCCCCCCCCCC. The van der Waals surface area contributed by atoms with Crippen LogP contribution in [0.1, 0.15) is 367 Å².